The number of rotatable bonds is 5. The minimum atomic E-state index is 0.745. The topological polar surface area (TPSA) is 29.3 Å². The van der Waals surface area contributed by atoms with Gasteiger partial charge in [-0.05, 0) is 44.7 Å². The van der Waals surface area contributed by atoms with Crippen molar-refractivity contribution >= 4 is 0 Å². The molecule has 14 heavy (non-hydrogen) atoms. The summed E-state index contributed by atoms with van der Waals surface area (Å²) in [5.41, 5.74) is 5.65. The predicted octanol–water partition coefficient (Wildman–Crippen LogP) is 2.24. The van der Waals surface area contributed by atoms with Gasteiger partial charge in [-0.2, -0.15) is 0 Å². The fraction of sp³-hybridized carbons (Fsp3) is 1.00. The molecule has 2 unspecified atom stereocenters. The molecule has 2 heteroatoms. The van der Waals surface area contributed by atoms with Crippen LogP contribution >= 0.6 is 0 Å². The highest BCUT2D eigenvalue weighted by atomic mass is 15.2. The molecule has 1 aliphatic heterocycles. The van der Waals surface area contributed by atoms with E-state index in [4.69, 9.17) is 5.73 Å². The summed E-state index contributed by atoms with van der Waals surface area (Å²) >= 11 is 0. The number of likely N-dealkylation sites (tertiary alicyclic amines) is 1. The number of piperidine rings is 1. The van der Waals surface area contributed by atoms with Crippen molar-refractivity contribution in [1.29, 1.82) is 0 Å². The summed E-state index contributed by atoms with van der Waals surface area (Å²) in [5.74, 6) is 0.940. The van der Waals surface area contributed by atoms with Crippen LogP contribution < -0.4 is 5.73 Å². The summed E-state index contributed by atoms with van der Waals surface area (Å²) in [6.45, 7) is 8.06. The van der Waals surface area contributed by atoms with Crippen LogP contribution in [0.1, 0.15) is 46.0 Å². The number of nitrogens with zero attached hydrogens (tertiary/aromatic N) is 1. The molecule has 0 spiro atoms. The second kappa shape index (κ2) is 6.41. The molecule has 0 radical (unpaired) electrons. The molecule has 1 saturated heterocycles. The molecule has 0 aliphatic carbocycles. The third kappa shape index (κ3) is 3.25. The standard InChI is InChI=1S/C12H26N2/c1-3-11-6-5-9-14(10-11)12(4-2)7-8-13/h11-12H,3-10,13H2,1-2H3. The fourth-order valence-corrected chi connectivity index (χ4v) is 2.60. The van der Waals surface area contributed by atoms with Crippen LogP contribution in [-0.2, 0) is 0 Å². The Morgan fingerprint density at radius 3 is 2.79 bits per heavy atom. The average molecular weight is 198 g/mol. The van der Waals surface area contributed by atoms with Gasteiger partial charge in [0.15, 0.2) is 0 Å². The molecule has 0 bridgehead atoms. The maximum atomic E-state index is 5.65. The van der Waals surface area contributed by atoms with Gasteiger partial charge in [-0.1, -0.05) is 20.3 Å². The van der Waals surface area contributed by atoms with E-state index in [0.29, 0.717) is 0 Å². The van der Waals surface area contributed by atoms with Crippen LogP contribution in [0.4, 0.5) is 0 Å². The second-order valence-electron chi connectivity index (χ2n) is 4.55. The molecule has 0 aromatic heterocycles. The van der Waals surface area contributed by atoms with Crippen molar-refractivity contribution in [2.45, 2.75) is 52.0 Å². The summed E-state index contributed by atoms with van der Waals surface area (Å²) < 4.78 is 0. The quantitative estimate of drug-likeness (QED) is 0.734. The molecular weight excluding hydrogens is 172 g/mol. The van der Waals surface area contributed by atoms with Crippen molar-refractivity contribution in [1.82, 2.24) is 4.90 Å². The van der Waals surface area contributed by atoms with Gasteiger partial charge in [0.05, 0.1) is 0 Å². The van der Waals surface area contributed by atoms with E-state index in [9.17, 15) is 0 Å². The number of nitrogens with two attached hydrogens (primary N) is 1. The van der Waals surface area contributed by atoms with Crippen LogP contribution in [-0.4, -0.2) is 30.6 Å². The van der Waals surface area contributed by atoms with Gasteiger partial charge in [-0.15, -0.1) is 0 Å². The monoisotopic (exact) mass is 198 g/mol. The van der Waals surface area contributed by atoms with Crippen LogP contribution in [0.2, 0.25) is 0 Å². The van der Waals surface area contributed by atoms with Crippen LogP contribution in [0.25, 0.3) is 0 Å². The van der Waals surface area contributed by atoms with Gasteiger partial charge in [0.25, 0.3) is 0 Å². The molecule has 2 nitrogen and oxygen atoms in total. The third-order valence-corrected chi connectivity index (χ3v) is 3.62. The zero-order valence-corrected chi connectivity index (χ0v) is 9.84. The van der Waals surface area contributed by atoms with Crippen molar-refractivity contribution < 1.29 is 0 Å². The molecule has 1 aliphatic rings. The first kappa shape index (κ1) is 12.0. The molecule has 0 aromatic carbocycles. The first-order valence-electron chi connectivity index (χ1n) is 6.25. The van der Waals surface area contributed by atoms with Crippen LogP contribution in [0.5, 0.6) is 0 Å². The van der Waals surface area contributed by atoms with Gasteiger partial charge in [0, 0.05) is 12.6 Å². The van der Waals surface area contributed by atoms with Crippen molar-refractivity contribution in [3.63, 3.8) is 0 Å². The van der Waals surface area contributed by atoms with E-state index < -0.39 is 0 Å². The van der Waals surface area contributed by atoms with E-state index >= 15 is 0 Å². The van der Waals surface area contributed by atoms with E-state index in [2.05, 4.69) is 18.7 Å². The lowest BCUT2D eigenvalue weighted by atomic mass is 9.93. The van der Waals surface area contributed by atoms with E-state index in [0.717, 1.165) is 18.5 Å². The summed E-state index contributed by atoms with van der Waals surface area (Å²) in [7, 11) is 0. The van der Waals surface area contributed by atoms with Crippen molar-refractivity contribution in [3.05, 3.63) is 0 Å². The maximum Gasteiger partial charge on any atom is 0.0105 e. The van der Waals surface area contributed by atoms with Crippen molar-refractivity contribution in [2.24, 2.45) is 11.7 Å². The average Bonchev–Trinajstić information content (AvgIpc) is 2.26. The van der Waals surface area contributed by atoms with Gasteiger partial charge in [-0.25, -0.2) is 0 Å². The zero-order chi connectivity index (χ0) is 10.4. The normalized spacial score (nSPS) is 26.4. The minimum Gasteiger partial charge on any atom is -0.330 e. The first-order chi connectivity index (χ1) is 6.81. The zero-order valence-electron chi connectivity index (χ0n) is 9.84. The lowest BCUT2D eigenvalue weighted by Gasteiger charge is -2.37. The smallest absolute Gasteiger partial charge is 0.0105 e. The Labute approximate surface area is 88.8 Å². The molecule has 2 N–H and O–H groups in total. The van der Waals surface area contributed by atoms with Gasteiger partial charge in [-0.3, -0.25) is 0 Å². The van der Waals surface area contributed by atoms with Crippen LogP contribution in [0, 0.1) is 5.92 Å². The number of hydrogen-bond acceptors (Lipinski definition) is 2. The van der Waals surface area contributed by atoms with Gasteiger partial charge in [0.2, 0.25) is 0 Å². The van der Waals surface area contributed by atoms with Crippen molar-refractivity contribution in [2.75, 3.05) is 19.6 Å². The van der Waals surface area contributed by atoms with E-state index in [1.54, 1.807) is 0 Å². The van der Waals surface area contributed by atoms with Crippen LogP contribution in [0.3, 0.4) is 0 Å². The van der Waals surface area contributed by atoms with Crippen molar-refractivity contribution in [3.8, 4) is 0 Å². The summed E-state index contributed by atoms with van der Waals surface area (Å²) in [6, 6.07) is 0.745. The predicted molar refractivity (Wildman–Crippen MR) is 62.3 cm³/mol. The Hall–Kier alpha value is -0.0800. The fourth-order valence-electron chi connectivity index (χ4n) is 2.60. The van der Waals surface area contributed by atoms with Gasteiger partial charge in [0.1, 0.15) is 0 Å². The second-order valence-corrected chi connectivity index (χ2v) is 4.55. The SMILES string of the molecule is CCC1CCCN(C(CC)CCN)C1. The summed E-state index contributed by atoms with van der Waals surface area (Å²) in [6.07, 6.45) is 6.60. The van der Waals surface area contributed by atoms with E-state index in [-0.39, 0.29) is 0 Å². The lowest BCUT2D eigenvalue weighted by molar-refractivity contribution is 0.114. The summed E-state index contributed by atoms with van der Waals surface area (Å²) in [4.78, 5) is 2.67. The van der Waals surface area contributed by atoms with Gasteiger partial charge < -0.3 is 10.6 Å². The van der Waals surface area contributed by atoms with Gasteiger partial charge >= 0.3 is 0 Å². The Balaban J connectivity index is 2.40. The van der Waals surface area contributed by atoms with E-state index in [1.165, 1.54) is 45.2 Å². The summed E-state index contributed by atoms with van der Waals surface area (Å²) in [5, 5.41) is 0. The third-order valence-electron chi connectivity index (χ3n) is 3.62. The Morgan fingerprint density at radius 1 is 1.43 bits per heavy atom. The van der Waals surface area contributed by atoms with E-state index in [1.807, 2.05) is 0 Å². The van der Waals surface area contributed by atoms with Crippen LogP contribution in [0.15, 0.2) is 0 Å². The molecule has 2 atom stereocenters. The highest BCUT2D eigenvalue weighted by Crippen LogP contribution is 2.22. The highest BCUT2D eigenvalue weighted by Gasteiger charge is 2.23. The Bertz CT molecular complexity index is 147. The lowest BCUT2D eigenvalue weighted by Crippen LogP contribution is -2.43. The number of hydrogen-bond donors (Lipinski definition) is 1. The molecule has 84 valence electrons. The first-order valence-corrected chi connectivity index (χ1v) is 6.25. The Morgan fingerprint density at radius 2 is 2.21 bits per heavy atom. The molecule has 1 heterocycles. The Kier molecular flexibility index (Phi) is 5.49. The molecule has 0 saturated carbocycles. The minimum absolute atomic E-state index is 0.745. The maximum absolute atomic E-state index is 5.65. The molecular formula is C12H26N2. The molecule has 0 amide bonds. The molecule has 0 aromatic rings. The molecule has 1 rings (SSSR count). The molecule has 1 fully saturated rings. The largest absolute Gasteiger partial charge is 0.330 e. The highest BCUT2D eigenvalue weighted by molar-refractivity contribution is 4.78.